The van der Waals surface area contributed by atoms with Crippen molar-refractivity contribution >= 4 is 56.6 Å². The summed E-state index contributed by atoms with van der Waals surface area (Å²) in [6.07, 6.45) is 2.13. The largest absolute Gasteiger partial charge is 0.444 e. The number of benzene rings is 2. The van der Waals surface area contributed by atoms with Crippen LogP contribution in [0.1, 0.15) is 49.9 Å². The molecule has 1 atom stereocenters. The molecule has 9 nitrogen and oxygen atoms in total. The molecule has 38 heavy (non-hydrogen) atoms. The molecule has 0 aliphatic carbocycles. The molecule has 12 heteroatoms. The van der Waals surface area contributed by atoms with Gasteiger partial charge < -0.3 is 14.8 Å². The first kappa shape index (κ1) is 28.4. The maximum absolute atomic E-state index is 13.7. The molecule has 0 aromatic heterocycles. The van der Waals surface area contributed by atoms with E-state index in [1.807, 2.05) is 6.08 Å². The van der Waals surface area contributed by atoms with Gasteiger partial charge in [0.15, 0.2) is 0 Å². The summed E-state index contributed by atoms with van der Waals surface area (Å²) >= 11 is 13.1. The fourth-order valence-electron chi connectivity index (χ4n) is 4.48. The van der Waals surface area contributed by atoms with Crippen LogP contribution >= 0.6 is 23.2 Å². The zero-order valence-corrected chi connectivity index (χ0v) is 23.4. The third-order valence-corrected chi connectivity index (χ3v) is 7.56. The second-order valence-electron chi connectivity index (χ2n) is 10.0. The molecule has 2 amide bonds. The lowest BCUT2D eigenvalue weighted by atomic mass is 9.92. The van der Waals surface area contributed by atoms with Crippen molar-refractivity contribution < 1.29 is 32.0 Å². The van der Waals surface area contributed by atoms with Gasteiger partial charge in [-0.1, -0.05) is 35.3 Å². The van der Waals surface area contributed by atoms with Gasteiger partial charge in [-0.05, 0) is 74.6 Å². The summed E-state index contributed by atoms with van der Waals surface area (Å²) < 4.78 is 43.7. The topological polar surface area (TPSA) is 122 Å². The Balaban J connectivity index is 1.69. The van der Waals surface area contributed by atoms with Gasteiger partial charge in [-0.2, -0.15) is 8.42 Å². The van der Waals surface area contributed by atoms with E-state index < -0.39 is 33.8 Å². The SMILES string of the molecule is CC(C)(C)OC(=O)N1CCc2cc(S(=O)(=O)O)ccc2C1C(=O)Nc1cc(Cl)c(C2=CCOCC2)c(Cl)c1. The summed E-state index contributed by atoms with van der Waals surface area (Å²) in [6, 6.07) is 5.94. The molecule has 0 fully saturated rings. The zero-order chi connectivity index (χ0) is 27.8. The number of amides is 2. The zero-order valence-electron chi connectivity index (χ0n) is 21.1. The van der Waals surface area contributed by atoms with Crippen LogP contribution in [0.2, 0.25) is 10.0 Å². The van der Waals surface area contributed by atoms with Gasteiger partial charge in [-0.15, -0.1) is 0 Å². The van der Waals surface area contributed by atoms with E-state index in [0.29, 0.717) is 52.1 Å². The Morgan fingerprint density at radius 3 is 2.39 bits per heavy atom. The average molecular weight is 583 g/mol. The van der Waals surface area contributed by atoms with Crippen LogP contribution in [0.25, 0.3) is 5.57 Å². The molecule has 2 aliphatic heterocycles. The highest BCUT2D eigenvalue weighted by atomic mass is 35.5. The summed E-state index contributed by atoms with van der Waals surface area (Å²) in [5, 5.41) is 3.49. The van der Waals surface area contributed by atoms with Crippen molar-refractivity contribution in [3.8, 4) is 0 Å². The summed E-state index contributed by atoms with van der Waals surface area (Å²) in [4.78, 5) is 27.7. The molecule has 0 saturated carbocycles. The Bertz CT molecular complexity index is 1390. The fourth-order valence-corrected chi connectivity index (χ4v) is 5.74. The number of rotatable bonds is 4. The molecule has 0 radical (unpaired) electrons. The van der Waals surface area contributed by atoms with Crippen molar-refractivity contribution in [2.24, 2.45) is 0 Å². The van der Waals surface area contributed by atoms with E-state index >= 15 is 0 Å². The van der Waals surface area contributed by atoms with E-state index in [9.17, 15) is 22.6 Å². The number of carbonyl (C=O) groups is 2. The van der Waals surface area contributed by atoms with Crippen molar-refractivity contribution in [2.45, 2.75) is 50.2 Å². The molecule has 4 rings (SSSR count). The van der Waals surface area contributed by atoms with Gasteiger partial charge in [0.1, 0.15) is 11.6 Å². The minimum Gasteiger partial charge on any atom is -0.444 e. The van der Waals surface area contributed by atoms with E-state index in [1.165, 1.54) is 23.1 Å². The lowest BCUT2D eigenvalue weighted by Crippen LogP contribution is -2.47. The maximum atomic E-state index is 13.7. The second kappa shape index (κ2) is 10.9. The highest BCUT2D eigenvalue weighted by Gasteiger charge is 2.38. The molecule has 2 N–H and O–H groups in total. The van der Waals surface area contributed by atoms with Crippen LogP contribution in [0, 0.1) is 0 Å². The first-order valence-corrected chi connectivity index (χ1v) is 14.1. The molecule has 0 spiro atoms. The molecule has 204 valence electrons. The van der Waals surface area contributed by atoms with Gasteiger partial charge in [0.25, 0.3) is 16.0 Å². The van der Waals surface area contributed by atoms with E-state index in [1.54, 1.807) is 32.9 Å². The third-order valence-electron chi connectivity index (χ3n) is 6.11. The number of ether oxygens (including phenoxy) is 2. The molecule has 2 aromatic carbocycles. The summed E-state index contributed by atoms with van der Waals surface area (Å²) in [5.74, 6) is -0.568. The first-order chi connectivity index (χ1) is 17.7. The molecule has 0 bridgehead atoms. The van der Waals surface area contributed by atoms with Gasteiger partial charge in [-0.3, -0.25) is 14.2 Å². The van der Waals surface area contributed by atoms with Gasteiger partial charge in [0, 0.05) is 17.8 Å². The Labute approximate surface area is 231 Å². The first-order valence-electron chi connectivity index (χ1n) is 11.9. The summed E-state index contributed by atoms with van der Waals surface area (Å²) in [6.45, 7) is 6.26. The minimum absolute atomic E-state index is 0.0889. The van der Waals surface area contributed by atoms with Crippen molar-refractivity contribution in [1.29, 1.82) is 0 Å². The molecule has 0 saturated heterocycles. The average Bonchev–Trinajstić information content (AvgIpc) is 2.81. The highest BCUT2D eigenvalue weighted by Crippen LogP contribution is 2.38. The monoisotopic (exact) mass is 582 g/mol. The number of hydrogen-bond donors (Lipinski definition) is 2. The summed E-state index contributed by atoms with van der Waals surface area (Å²) in [7, 11) is -4.45. The molecule has 2 heterocycles. The van der Waals surface area contributed by atoms with Crippen LogP contribution in [0.3, 0.4) is 0 Å². The Morgan fingerprint density at radius 1 is 1.13 bits per heavy atom. The van der Waals surface area contributed by atoms with Crippen LogP contribution in [0.5, 0.6) is 0 Å². The fraction of sp³-hybridized carbons (Fsp3) is 0.385. The second-order valence-corrected chi connectivity index (χ2v) is 12.3. The number of carbonyl (C=O) groups excluding carboxylic acids is 2. The molecular formula is C26H28Cl2N2O7S. The normalized spacial score (nSPS) is 17.9. The molecule has 1 unspecified atom stereocenters. The van der Waals surface area contributed by atoms with Crippen molar-refractivity contribution in [1.82, 2.24) is 4.90 Å². The minimum atomic E-state index is -4.45. The Morgan fingerprint density at radius 2 is 1.82 bits per heavy atom. The lowest BCUT2D eigenvalue weighted by molar-refractivity contribution is -0.121. The molecule has 2 aliphatic rings. The van der Waals surface area contributed by atoms with Crippen LogP contribution in [-0.2, 0) is 30.8 Å². The molecular weight excluding hydrogens is 555 g/mol. The number of anilines is 1. The summed E-state index contributed by atoms with van der Waals surface area (Å²) in [5.41, 5.74) is 2.07. The predicted octanol–water partition coefficient (Wildman–Crippen LogP) is 5.52. The quantitative estimate of drug-likeness (QED) is 0.455. The van der Waals surface area contributed by atoms with Gasteiger partial charge in [-0.25, -0.2) is 4.79 Å². The lowest BCUT2D eigenvalue weighted by Gasteiger charge is -2.37. The standard InChI is InChI=1S/C26H28Cl2N2O7S/c1-26(2,3)37-25(32)30-9-6-16-12-18(38(33,34)35)4-5-19(16)23(30)24(31)29-17-13-20(27)22(21(28)14-17)15-7-10-36-11-8-15/h4-5,7,12-14,23H,6,8-11H2,1-3H3,(H,29,31)(H,33,34,35). The number of hydrogen-bond acceptors (Lipinski definition) is 6. The number of fused-ring (bicyclic) bond motifs is 1. The van der Waals surface area contributed by atoms with E-state index in [2.05, 4.69) is 5.32 Å². The molecule has 2 aromatic rings. The number of nitrogens with zero attached hydrogens (tertiary/aromatic N) is 1. The van der Waals surface area contributed by atoms with E-state index in [0.717, 1.165) is 5.57 Å². The van der Waals surface area contributed by atoms with Gasteiger partial charge in [0.05, 0.1) is 28.2 Å². The van der Waals surface area contributed by atoms with Crippen LogP contribution in [0.15, 0.2) is 41.3 Å². The van der Waals surface area contributed by atoms with Crippen molar-refractivity contribution in [3.63, 3.8) is 0 Å². The van der Waals surface area contributed by atoms with Crippen LogP contribution < -0.4 is 5.32 Å². The van der Waals surface area contributed by atoms with Gasteiger partial charge in [0.2, 0.25) is 0 Å². The van der Waals surface area contributed by atoms with Crippen molar-refractivity contribution in [3.05, 3.63) is 63.1 Å². The highest BCUT2D eigenvalue weighted by molar-refractivity contribution is 7.85. The Kier molecular flexibility index (Phi) is 8.11. The third kappa shape index (κ3) is 6.32. The van der Waals surface area contributed by atoms with Gasteiger partial charge >= 0.3 is 6.09 Å². The number of nitrogens with one attached hydrogen (secondary N) is 1. The smallest absolute Gasteiger partial charge is 0.411 e. The van der Waals surface area contributed by atoms with Crippen molar-refractivity contribution in [2.75, 3.05) is 25.1 Å². The van der Waals surface area contributed by atoms with E-state index in [4.69, 9.17) is 32.7 Å². The predicted molar refractivity (Wildman–Crippen MR) is 144 cm³/mol. The van der Waals surface area contributed by atoms with E-state index in [-0.39, 0.29) is 17.9 Å². The Hall–Kier alpha value is -2.63. The van der Waals surface area contributed by atoms with Crippen LogP contribution in [-0.4, -0.2) is 55.2 Å². The number of halogens is 2. The maximum Gasteiger partial charge on any atom is 0.411 e. The van der Waals surface area contributed by atoms with Crippen LogP contribution in [0.4, 0.5) is 10.5 Å².